The number of nitrogens with one attached hydrogen (secondary N) is 1. The van der Waals surface area contributed by atoms with Gasteiger partial charge in [0.1, 0.15) is 11.2 Å². The van der Waals surface area contributed by atoms with Crippen molar-refractivity contribution in [2.75, 3.05) is 0 Å². The monoisotopic (exact) mass is 543 g/mol. The highest BCUT2D eigenvalue weighted by Gasteiger charge is 2.44. The molecule has 2 aromatic carbocycles. The molecule has 36 heavy (non-hydrogen) atoms. The first kappa shape index (κ1) is 22.7. The summed E-state index contributed by atoms with van der Waals surface area (Å²) in [6, 6.07) is 17.4. The number of benzene rings is 2. The minimum atomic E-state index is -0.743. The molecule has 0 aliphatic heterocycles. The molecule has 8 heteroatoms. The number of aromatic nitrogens is 2. The second-order valence-electron chi connectivity index (χ2n) is 9.47. The zero-order valence-corrected chi connectivity index (χ0v) is 20.7. The fourth-order valence-electron chi connectivity index (χ4n) is 4.65. The molecule has 180 valence electrons. The van der Waals surface area contributed by atoms with Crippen LogP contribution in [0.15, 0.2) is 76.3 Å². The van der Waals surface area contributed by atoms with Gasteiger partial charge in [0.05, 0.1) is 11.3 Å². The molecule has 7 nitrogen and oxygen atoms in total. The molecular weight excluding hydrogens is 522 g/mol. The lowest BCUT2D eigenvalue weighted by atomic mass is 10.0. The van der Waals surface area contributed by atoms with Crippen molar-refractivity contribution in [2.24, 2.45) is 5.92 Å². The van der Waals surface area contributed by atoms with Crippen LogP contribution < -0.4 is 10.7 Å². The van der Waals surface area contributed by atoms with Gasteiger partial charge >= 0.3 is 5.97 Å². The topological polar surface area (TPSA) is 101 Å². The van der Waals surface area contributed by atoms with Crippen molar-refractivity contribution in [3.8, 4) is 16.8 Å². The Morgan fingerprint density at radius 1 is 1.06 bits per heavy atom. The van der Waals surface area contributed by atoms with Crippen LogP contribution in [0.2, 0.25) is 0 Å². The lowest BCUT2D eigenvalue weighted by molar-refractivity contribution is -0.138. The third-order valence-electron chi connectivity index (χ3n) is 6.86. The highest BCUT2D eigenvalue weighted by Crippen LogP contribution is 2.47. The van der Waals surface area contributed by atoms with Crippen molar-refractivity contribution in [1.29, 1.82) is 0 Å². The molecule has 1 amide bonds. The number of amides is 1. The summed E-state index contributed by atoms with van der Waals surface area (Å²) in [5.41, 5.74) is 3.91. The summed E-state index contributed by atoms with van der Waals surface area (Å²) >= 11 is 3.61. The van der Waals surface area contributed by atoms with Gasteiger partial charge in [0, 0.05) is 28.6 Å². The van der Waals surface area contributed by atoms with Crippen LogP contribution in [0.4, 0.5) is 0 Å². The smallest absolute Gasteiger partial charge is 0.307 e. The minimum absolute atomic E-state index is 0.0772. The van der Waals surface area contributed by atoms with Crippen LogP contribution in [-0.2, 0) is 4.79 Å². The maximum absolute atomic E-state index is 13.1. The van der Waals surface area contributed by atoms with E-state index in [0.29, 0.717) is 17.5 Å². The zero-order valence-electron chi connectivity index (χ0n) is 19.1. The van der Waals surface area contributed by atoms with Gasteiger partial charge in [-0.2, -0.15) is 0 Å². The first-order valence-corrected chi connectivity index (χ1v) is 12.6. The van der Waals surface area contributed by atoms with Crippen molar-refractivity contribution in [3.05, 3.63) is 92.8 Å². The number of hydrogen-bond donors (Lipinski definition) is 2. The molecule has 0 bridgehead atoms. The standard InChI is InChI=1S/C28H22BrN3O4/c29-18-10-17(15-3-5-16(6-4-15)22-13-23(22)28(35)36)11-20(12-18)32-14-24(27(34)31-19-7-8-19)25(33)21-2-1-9-30-26(21)32/h1-6,9-12,14,19,22-23H,7-8,13H2,(H,31,34)(H,35,36)/t22-,23+/m0/s1. The number of pyridine rings is 2. The number of aliphatic carboxylic acids is 1. The maximum Gasteiger partial charge on any atom is 0.307 e. The molecule has 2 atom stereocenters. The van der Waals surface area contributed by atoms with E-state index in [1.807, 2.05) is 42.5 Å². The van der Waals surface area contributed by atoms with Crippen LogP contribution in [0, 0.1) is 5.92 Å². The Morgan fingerprint density at radius 2 is 1.83 bits per heavy atom. The molecule has 2 N–H and O–H groups in total. The Labute approximate surface area is 214 Å². The van der Waals surface area contributed by atoms with Gasteiger partial charge in [0.15, 0.2) is 0 Å². The third-order valence-corrected chi connectivity index (χ3v) is 7.32. The summed E-state index contributed by atoms with van der Waals surface area (Å²) in [5, 5.41) is 12.5. The molecule has 4 aromatic rings. The number of fused-ring (bicyclic) bond motifs is 1. The quantitative estimate of drug-likeness (QED) is 0.360. The molecule has 0 unspecified atom stereocenters. The number of hydrogen-bond acceptors (Lipinski definition) is 4. The Balaban J connectivity index is 1.42. The van der Waals surface area contributed by atoms with Gasteiger partial charge in [0.25, 0.3) is 5.91 Å². The molecule has 2 aliphatic rings. The molecule has 0 radical (unpaired) electrons. The second kappa shape index (κ2) is 8.71. The van der Waals surface area contributed by atoms with E-state index >= 15 is 0 Å². The molecule has 2 aromatic heterocycles. The van der Waals surface area contributed by atoms with E-state index in [0.717, 1.165) is 39.7 Å². The fourth-order valence-corrected chi connectivity index (χ4v) is 5.13. The third kappa shape index (κ3) is 4.22. The highest BCUT2D eigenvalue weighted by atomic mass is 79.9. The normalized spacial score (nSPS) is 18.7. The van der Waals surface area contributed by atoms with Gasteiger partial charge in [-0.25, -0.2) is 4.98 Å². The zero-order chi connectivity index (χ0) is 25.0. The Kier molecular flexibility index (Phi) is 5.48. The number of carbonyl (C=O) groups excluding carboxylic acids is 1. The summed E-state index contributed by atoms with van der Waals surface area (Å²) in [4.78, 5) is 41.6. The molecular formula is C28H22BrN3O4. The molecule has 2 saturated carbocycles. The van der Waals surface area contributed by atoms with Gasteiger partial charge in [0.2, 0.25) is 5.43 Å². The predicted octanol–water partition coefficient (Wildman–Crippen LogP) is 4.90. The van der Waals surface area contributed by atoms with E-state index in [1.54, 1.807) is 29.1 Å². The minimum Gasteiger partial charge on any atom is -0.481 e. The fraction of sp³-hybridized carbons (Fsp3) is 0.214. The Hall–Kier alpha value is -3.78. The number of carboxylic acids is 1. The van der Waals surface area contributed by atoms with Gasteiger partial charge in [-0.15, -0.1) is 0 Å². The number of carboxylic acid groups (broad SMARTS) is 1. The van der Waals surface area contributed by atoms with E-state index in [9.17, 15) is 19.5 Å². The van der Waals surface area contributed by atoms with Gasteiger partial charge in [-0.1, -0.05) is 40.2 Å². The molecule has 2 fully saturated rings. The van der Waals surface area contributed by atoms with Crippen LogP contribution in [0.5, 0.6) is 0 Å². The summed E-state index contributed by atoms with van der Waals surface area (Å²) in [6.45, 7) is 0. The summed E-state index contributed by atoms with van der Waals surface area (Å²) in [7, 11) is 0. The van der Waals surface area contributed by atoms with Crippen molar-refractivity contribution in [1.82, 2.24) is 14.9 Å². The summed E-state index contributed by atoms with van der Waals surface area (Å²) in [5.74, 6) is -1.32. The Morgan fingerprint density at radius 3 is 2.53 bits per heavy atom. The van der Waals surface area contributed by atoms with E-state index in [4.69, 9.17) is 0 Å². The average molecular weight is 544 g/mol. The largest absolute Gasteiger partial charge is 0.481 e. The van der Waals surface area contributed by atoms with E-state index < -0.39 is 5.97 Å². The van der Waals surface area contributed by atoms with Gasteiger partial charge in [-0.3, -0.25) is 14.4 Å². The van der Waals surface area contributed by atoms with Crippen LogP contribution in [0.3, 0.4) is 0 Å². The lowest BCUT2D eigenvalue weighted by Crippen LogP contribution is -2.31. The number of nitrogens with zero attached hydrogens (tertiary/aromatic N) is 2. The van der Waals surface area contributed by atoms with Crippen molar-refractivity contribution in [3.63, 3.8) is 0 Å². The molecule has 2 aliphatic carbocycles. The summed E-state index contributed by atoms with van der Waals surface area (Å²) < 4.78 is 2.61. The van der Waals surface area contributed by atoms with Gasteiger partial charge in [-0.05, 0) is 72.2 Å². The second-order valence-corrected chi connectivity index (χ2v) is 10.4. The average Bonchev–Trinajstić information content (AvgIpc) is 3.79. The Bertz CT molecular complexity index is 1590. The molecule has 0 saturated heterocycles. The van der Waals surface area contributed by atoms with Crippen molar-refractivity contribution < 1.29 is 14.7 Å². The number of rotatable bonds is 6. The lowest BCUT2D eigenvalue weighted by Gasteiger charge is -2.15. The predicted molar refractivity (Wildman–Crippen MR) is 139 cm³/mol. The summed E-state index contributed by atoms with van der Waals surface area (Å²) in [6.07, 6.45) is 5.74. The van der Waals surface area contributed by atoms with E-state index in [1.165, 1.54) is 0 Å². The van der Waals surface area contributed by atoms with Crippen molar-refractivity contribution in [2.45, 2.75) is 31.2 Å². The number of halogens is 1. The molecule has 2 heterocycles. The van der Waals surface area contributed by atoms with Crippen LogP contribution >= 0.6 is 15.9 Å². The van der Waals surface area contributed by atoms with Crippen LogP contribution in [0.25, 0.3) is 27.8 Å². The highest BCUT2D eigenvalue weighted by molar-refractivity contribution is 9.10. The SMILES string of the molecule is O=C(NC1CC1)c1cn(-c2cc(Br)cc(-c3ccc([C@@H]4C[C@H]4C(=O)O)cc3)c2)c2ncccc2c1=O. The first-order valence-electron chi connectivity index (χ1n) is 11.8. The maximum atomic E-state index is 13.1. The number of carbonyl (C=O) groups is 2. The molecule has 0 spiro atoms. The van der Waals surface area contributed by atoms with Crippen LogP contribution in [-0.4, -0.2) is 32.6 Å². The van der Waals surface area contributed by atoms with Gasteiger partial charge < -0.3 is 15.0 Å². The van der Waals surface area contributed by atoms with E-state index in [-0.39, 0.29) is 34.8 Å². The van der Waals surface area contributed by atoms with E-state index in [2.05, 4.69) is 26.2 Å². The molecule has 6 rings (SSSR count). The van der Waals surface area contributed by atoms with Crippen LogP contribution in [0.1, 0.15) is 41.1 Å². The van der Waals surface area contributed by atoms with Crippen molar-refractivity contribution >= 4 is 38.8 Å². The first-order chi connectivity index (χ1) is 17.4.